The second-order valence-corrected chi connectivity index (χ2v) is 9.67. The molecule has 0 saturated carbocycles. The Labute approximate surface area is 175 Å². The van der Waals surface area contributed by atoms with Crippen LogP contribution in [0.4, 0.5) is 5.00 Å². The molecule has 1 aromatic heterocycles. The van der Waals surface area contributed by atoms with Gasteiger partial charge in [-0.3, -0.25) is 4.79 Å². The fourth-order valence-electron chi connectivity index (χ4n) is 3.87. The number of thiophene rings is 1. The standard InChI is InChI=1S/C23H24N2O3S/c1-23(2,3)15-6-7-16-17(12-24)22(29-20(16)11-15)25-21(26)9-5-14-4-8-18-19(10-14)28-13-27-18/h4-5,8-10,15H,6-7,11,13H2,1-3H3,(H,25,26)/b9-5+/t15-/m1/s1. The maximum absolute atomic E-state index is 12.5. The number of hydrogen-bond donors (Lipinski definition) is 1. The smallest absolute Gasteiger partial charge is 0.249 e. The second-order valence-electron chi connectivity index (χ2n) is 8.56. The molecule has 4 rings (SSSR count). The van der Waals surface area contributed by atoms with E-state index in [4.69, 9.17) is 9.47 Å². The van der Waals surface area contributed by atoms with Crippen LogP contribution in [-0.4, -0.2) is 12.7 Å². The Balaban J connectivity index is 1.49. The summed E-state index contributed by atoms with van der Waals surface area (Å²) in [6, 6.07) is 7.84. The lowest BCUT2D eigenvalue weighted by atomic mass is 9.72. The molecule has 6 heteroatoms. The Morgan fingerprint density at radius 3 is 2.86 bits per heavy atom. The molecular formula is C23H24N2O3S. The molecule has 0 spiro atoms. The highest BCUT2D eigenvalue weighted by Gasteiger charge is 2.32. The second kappa shape index (κ2) is 7.57. The van der Waals surface area contributed by atoms with Gasteiger partial charge in [-0.05, 0) is 59.9 Å². The van der Waals surface area contributed by atoms with Crippen molar-refractivity contribution in [3.8, 4) is 17.6 Å². The summed E-state index contributed by atoms with van der Waals surface area (Å²) in [5.41, 5.74) is 2.84. The summed E-state index contributed by atoms with van der Waals surface area (Å²) in [4.78, 5) is 13.7. The molecule has 2 aliphatic rings. The summed E-state index contributed by atoms with van der Waals surface area (Å²) in [6.07, 6.45) is 6.17. The Morgan fingerprint density at radius 2 is 2.10 bits per heavy atom. The lowest BCUT2D eigenvalue weighted by Crippen LogP contribution is -2.26. The van der Waals surface area contributed by atoms with Gasteiger partial charge >= 0.3 is 0 Å². The predicted octanol–water partition coefficient (Wildman–Crippen LogP) is 5.15. The number of carbonyl (C=O) groups excluding carboxylic acids is 1. The van der Waals surface area contributed by atoms with Crippen LogP contribution in [-0.2, 0) is 17.6 Å². The van der Waals surface area contributed by atoms with Gasteiger partial charge in [0.05, 0.1) is 5.56 Å². The third kappa shape index (κ3) is 4.01. The van der Waals surface area contributed by atoms with E-state index in [1.54, 1.807) is 17.4 Å². The van der Waals surface area contributed by atoms with E-state index in [9.17, 15) is 10.1 Å². The number of nitriles is 1. The van der Waals surface area contributed by atoms with Gasteiger partial charge in [0.15, 0.2) is 11.5 Å². The Kier molecular flexibility index (Phi) is 5.10. The van der Waals surface area contributed by atoms with Crippen molar-refractivity contribution in [2.75, 3.05) is 12.1 Å². The van der Waals surface area contributed by atoms with E-state index in [0.717, 1.165) is 30.4 Å². The van der Waals surface area contributed by atoms with Crippen molar-refractivity contribution >= 4 is 28.3 Å². The van der Waals surface area contributed by atoms with Crippen molar-refractivity contribution in [2.24, 2.45) is 11.3 Å². The number of benzene rings is 1. The number of carbonyl (C=O) groups is 1. The molecule has 29 heavy (non-hydrogen) atoms. The number of nitrogens with one attached hydrogen (secondary N) is 1. The van der Waals surface area contributed by atoms with Crippen LogP contribution in [0.5, 0.6) is 11.5 Å². The number of nitrogens with zero attached hydrogens (tertiary/aromatic N) is 1. The molecule has 2 heterocycles. The molecule has 2 aromatic rings. The molecule has 1 N–H and O–H groups in total. The minimum absolute atomic E-state index is 0.221. The summed E-state index contributed by atoms with van der Waals surface area (Å²) in [6.45, 7) is 7.03. The molecule has 0 bridgehead atoms. The van der Waals surface area contributed by atoms with Gasteiger partial charge in [-0.1, -0.05) is 26.8 Å². The van der Waals surface area contributed by atoms with Gasteiger partial charge in [-0.25, -0.2) is 0 Å². The number of amides is 1. The van der Waals surface area contributed by atoms with Gasteiger partial charge < -0.3 is 14.8 Å². The van der Waals surface area contributed by atoms with Crippen molar-refractivity contribution in [3.63, 3.8) is 0 Å². The lowest BCUT2D eigenvalue weighted by Gasteiger charge is -2.33. The summed E-state index contributed by atoms with van der Waals surface area (Å²) in [5.74, 6) is 1.74. The summed E-state index contributed by atoms with van der Waals surface area (Å²) in [5, 5.41) is 13.2. The molecule has 1 atom stereocenters. The van der Waals surface area contributed by atoms with E-state index in [-0.39, 0.29) is 18.1 Å². The zero-order valence-electron chi connectivity index (χ0n) is 16.9. The van der Waals surface area contributed by atoms with Crippen molar-refractivity contribution in [3.05, 3.63) is 45.8 Å². The molecule has 1 aliphatic heterocycles. The van der Waals surface area contributed by atoms with Crippen LogP contribution in [0.3, 0.4) is 0 Å². The molecule has 1 aliphatic carbocycles. The minimum atomic E-state index is -0.245. The van der Waals surface area contributed by atoms with Crippen molar-refractivity contribution in [2.45, 2.75) is 40.0 Å². The zero-order chi connectivity index (χ0) is 20.6. The van der Waals surface area contributed by atoms with E-state index in [1.807, 2.05) is 18.2 Å². The maximum Gasteiger partial charge on any atom is 0.249 e. The maximum atomic E-state index is 12.5. The van der Waals surface area contributed by atoms with Gasteiger partial charge in [0.25, 0.3) is 0 Å². The highest BCUT2D eigenvalue weighted by molar-refractivity contribution is 7.16. The van der Waals surface area contributed by atoms with Crippen LogP contribution in [0, 0.1) is 22.7 Å². The van der Waals surface area contributed by atoms with Gasteiger partial charge in [-0.15, -0.1) is 11.3 Å². The fourth-order valence-corrected chi connectivity index (χ4v) is 5.15. The number of hydrogen-bond acceptors (Lipinski definition) is 5. The van der Waals surface area contributed by atoms with Crippen molar-refractivity contribution < 1.29 is 14.3 Å². The molecule has 150 valence electrons. The summed E-state index contributed by atoms with van der Waals surface area (Å²) in [7, 11) is 0. The highest BCUT2D eigenvalue weighted by atomic mass is 32.1. The third-order valence-corrected chi connectivity index (χ3v) is 6.83. The third-order valence-electron chi connectivity index (χ3n) is 5.66. The normalized spacial score (nSPS) is 17.8. The van der Waals surface area contributed by atoms with Gasteiger partial charge in [0.2, 0.25) is 12.7 Å². The van der Waals surface area contributed by atoms with Gasteiger partial charge in [-0.2, -0.15) is 5.26 Å². The molecule has 0 unspecified atom stereocenters. The van der Waals surface area contributed by atoms with Crippen LogP contribution in [0.1, 0.15) is 48.8 Å². The summed E-state index contributed by atoms with van der Waals surface area (Å²) < 4.78 is 10.7. The van der Waals surface area contributed by atoms with Crippen LogP contribution in [0.2, 0.25) is 0 Å². The first-order chi connectivity index (χ1) is 13.8. The Morgan fingerprint density at radius 1 is 1.31 bits per heavy atom. The van der Waals surface area contributed by atoms with Crippen LogP contribution < -0.4 is 14.8 Å². The number of ether oxygens (including phenoxy) is 2. The largest absolute Gasteiger partial charge is 0.454 e. The fraction of sp³-hybridized carbons (Fsp3) is 0.391. The molecular weight excluding hydrogens is 384 g/mol. The quantitative estimate of drug-likeness (QED) is 0.713. The predicted molar refractivity (Wildman–Crippen MR) is 114 cm³/mol. The van der Waals surface area contributed by atoms with E-state index < -0.39 is 0 Å². The molecule has 5 nitrogen and oxygen atoms in total. The van der Waals surface area contributed by atoms with E-state index in [0.29, 0.717) is 28.0 Å². The number of rotatable bonds is 3. The average Bonchev–Trinajstić information content (AvgIpc) is 3.28. The molecule has 0 saturated heterocycles. The van der Waals surface area contributed by atoms with Crippen LogP contribution in [0.25, 0.3) is 6.08 Å². The first kappa shape index (κ1) is 19.5. The Hall–Kier alpha value is -2.78. The topological polar surface area (TPSA) is 71.3 Å². The first-order valence-electron chi connectivity index (χ1n) is 9.78. The summed E-state index contributed by atoms with van der Waals surface area (Å²) >= 11 is 1.55. The SMILES string of the molecule is CC(C)(C)[C@@H]1CCc2c(sc(NC(=O)/C=C/c3ccc4c(c3)OCO4)c2C#N)C1. The molecule has 0 radical (unpaired) electrons. The zero-order valence-corrected chi connectivity index (χ0v) is 17.7. The van der Waals surface area contributed by atoms with E-state index >= 15 is 0 Å². The Bertz CT molecular complexity index is 1020. The molecule has 0 fully saturated rings. The molecule has 1 amide bonds. The highest BCUT2D eigenvalue weighted by Crippen LogP contribution is 2.44. The van der Waals surface area contributed by atoms with E-state index in [2.05, 4.69) is 32.2 Å². The van der Waals surface area contributed by atoms with E-state index in [1.165, 1.54) is 11.0 Å². The lowest BCUT2D eigenvalue weighted by molar-refractivity contribution is -0.111. The monoisotopic (exact) mass is 408 g/mol. The number of anilines is 1. The first-order valence-corrected chi connectivity index (χ1v) is 10.6. The van der Waals surface area contributed by atoms with Crippen LogP contribution in [0.15, 0.2) is 24.3 Å². The van der Waals surface area contributed by atoms with Crippen LogP contribution >= 0.6 is 11.3 Å². The van der Waals surface area contributed by atoms with Gasteiger partial charge in [0, 0.05) is 11.0 Å². The minimum Gasteiger partial charge on any atom is -0.454 e. The molecule has 1 aromatic carbocycles. The number of fused-ring (bicyclic) bond motifs is 2. The van der Waals surface area contributed by atoms with Crippen molar-refractivity contribution in [1.82, 2.24) is 0 Å². The van der Waals surface area contributed by atoms with Gasteiger partial charge in [0.1, 0.15) is 11.1 Å². The average molecular weight is 409 g/mol. The van der Waals surface area contributed by atoms with Crippen molar-refractivity contribution in [1.29, 1.82) is 5.26 Å².